The summed E-state index contributed by atoms with van der Waals surface area (Å²) in [5.74, 6) is -0.457. The van der Waals surface area contributed by atoms with Gasteiger partial charge in [0, 0.05) is 19.3 Å². The first kappa shape index (κ1) is 12.7. The van der Waals surface area contributed by atoms with E-state index in [1.807, 2.05) is 0 Å². The van der Waals surface area contributed by atoms with Crippen molar-refractivity contribution >= 4 is 28.4 Å². The number of halogens is 2. The van der Waals surface area contributed by atoms with Crippen LogP contribution in [-0.4, -0.2) is 32.1 Å². The molecule has 0 bridgehead atoms. The maximum atomic E-state index is 13.6. The molecule has 0 saturated carbocycles. The van der Waals surface area contributed by atoms with Gasteiger partial charge in [-0.2, -0.15) is 0 Å². The molecule has 1 aliphatic rings. The topological polar surface area (TPSA) is 53.4 Å². The zero-order valence-corrected chi connectivity index (χ0v) is 10.5. The maximum absolute atomic E-state index is 13.6. The summed E-state index contributed by atoms with van der Waals surface area (Å²) >= 11 is 4.11. The van der Waals surface area contributed by atoms with Crippen LogP contribution >= 0.6 is 11.6 Å². The molecular weight excluding hydrogens is 267 g/mol. The van der Waals surface area contributed by atoms with Crippen LogP contribution in [0.4, 0.5) is 10.1 Å². The van der Waals surface area contributed by atoms with E-state index in [4.69, 9.17) is 16.2 Å². The van der Waals surface area contributed by atoms with E-state index in [0.29, 0.717) is 31.6 Å². The summed E-state index contributed by atoms with van der Waals surface area (Å²) < 4.78 is 33.5. The van der Waals surface area contributed by atoms with Crippen LogP contribution in [0.1, 0.15) is 12.8 Å². The Hall–Kier alpha value is -0.720. The summed E-state index contributed by atoms with van der Waals surface area (Å²) in [6.07, 6.45) is 3.64. The van der Waals surface area contributed by atoms with Gasteiger partial charge in [-0.05, 0) is 12.8 Å². The Morgan fingerprint density at radius 2 is 2.12 bits per heavy atom. The molecule has 2 heterocycles. The molecule has 1 atom stereocenters. The summed E-state index contributed by atoms with van der Waals surface area (Å²) in [5.41, 5.74) is 0.337. The standard InChI is InChI=1S/C10H12ClFN2O2S/c11-8-5-13-6-9(12)10(8)14-3-1-7(2-4-14)17(15)16/h5-7H,1-4H2,(H,15,16). The fraction of sp³-hybridized carbons (Fsp3) is 0.500. The lowest BCUT2D eigenvalue weighted by Crippen LogP contribution is -2.38. The van der Waals surface area contributed by atoms with Gasteiger partial charge in [-0.15, -0.1) is 0 Å². The van der Waals surface area contributed by atoms with Crippen molar-refractivity contribution in [3.05, 3.63) is 23.2 Å². The monoisotopic (exact) mass is 278 g/mol. The van der Waals surface area contributed by atoms with Crippen LogP contribution in [0.15, 0.2) is 12.4 Å². The first-order valence-electron chi connectivity index (χ1n) is 5.23. The molecule has 1 N–H and O–H groups in total. The third-order valence-corrected chi connectivity index (χ3v) is 4.19. The van der Waals surface area contributed by atoms with Gasteiger partial charge in [-0.3, -0.25) is 4.98 Å². The summed E-state index contributed by atoms with van der Waals surface area (Å²) in [4.78, 5) is 5.45. The minimum atomic E-state index is -1.80. The van der Waals surface area contributed by atoms with Crippen LogP contribution in [-0.2, 0) is 11.1 Å². The van der Waals surface area contributed by atoms with Gasteiger partial charge in [-0.25, -0.2) is 8.60 Å². The average Bonchev–Trinajstić information content (AvgIpc) is 2.29. The molecule has 1 aliphatic heterocycles. The predicted octanol–water partition coefficient (Wildman–Crippen LogP) is 2.06. The van der Waals surface area contributed by atoms with Crippen molar-refractivity contribution in [1.82, 2.24) is 4.98 Å². The second-order valence-electron chi connectivity index (χ2n) is 3.91. The summed E-state index contributed by atoms with van der Waals surface area (Å²) in [5, 5.41) is 0.0449. The fourth-order valence-electron chi connectivity index (χ4n) is 1.99. The Bertz CT molecular complexity index is 418. The molecule has 0 amide bonds. The third kappa shape index (κ3) is 2.75. The molecule has 1 saturated heterocycles. The lowest BCUT2D eigenvalue weighted by molar-refractivity contribution is 0.504. The molecule has 94 valence electrons. The Morgan fingerprint density at radius 3 is 2.65 bits per heavy atom. The van der Waals surface area contributed by atoms with E-state index >= 15 is 0 Å². The first-order valence-corrected chi connectivity index (χ1v) is 6.78. The average molecular weight is 279 g/mol. The largest absolute Gasteiger partial charge is 0.368 e. The molecule has 0 aliphatic carbocycles. The Kier molecular flexibility index (Phi) is 3.96. The minimum Gasteiger partial charge on any atom is -0.368 e. The molecule has 4 nitrogen and oxygen atoms in total. The van der Waals surface area contributed by atoms with Crippen LogP contribution in [0.3, 0.4) is 0 Å². The molecule has 1 aromatic heterocycles. The molecular formula is C10H12ClFN2O2S. The van der Waals surface area contributed by atoms with E-state index in [1.54, 1.807) is 4.90 Å². The zero-order valence-electron chi connectivity index (χ0n) is 8.97. The highest BCUT2D eigenvalue weighted by Crippen LogP contribution is 2.30. The number of pyridine rings is 1. The number of hydrogen-bond acceptors (Lipinski definition) is 3. The van der Waals surface area contributed by atoms with E-state index in [-0.39, 0.29) is 10.3 Å². The second-order valence-corrected chi connectivity index (χ2v) is 5.54. The van der Waals surface area contributed by atoms with Gasteiger partial charge in [0.2, 0.25) is 0 Å². The predicted molar refractivity (Wildman–Crippen MR) is 65.2 cm³/mol. The van der Waals surface area contributed by atoms with Gasteiger partial charge in [0.15, 0.2) is 16.9 Å². The van der Waals surface area contributed by atoms with Crippen molar-refractivity contribution in [2.75, 3.05) is 18.0 Å². The molecule has 17 heavy (non-hydrogen) atoms. The normalized spacial score (nSPS) is 19.4. The van der Waals surface area contributed by atoms with Crippen molar-refractivity contribution in [2.45, 2.75) is 18.1 Å². The van der Waals surface area contributed by atoms with Crippen molar-refractivity contribution < 1.29 is 13.2 Å². The van der Waals surface area contributed by atoms with Crippen LogP contribution < -0.4 is 4.90 Å². The summed E-state index contributed by atoms with van der Waals surface area (Å²) in [6.45, 7) is 1.05. The van der Waals surface area contributed by atoms with E-state index < -0.39 is 16.9 Å². The third-order valence-electron chi connectivity index (χ3n) is 2.87. The number of hydrogen-bond donors (Lipinski definition) is 1. The van der Waals surface area contributed by atoms with Gasteiger partial charge in [0.1, 0.15) is 0 Å². The summed E-state index contributed by atoms with van der Waals surface area (Å²) in [7, 11) is 0. The molecule has 0 spiro atoms. The van der Waals surface area contributed by atoms with Crippen molar-refractivity contribution in [1.29, 1.82) is 0 Å². The van der Waals surface area contributed by atoms with Gasteiger partial charge in [0.25, 0.3) is 0 Å². The minimum absolute atomic E-state index is 0.227. The van der Waals surface area contributed by atoms with Crippen LogP contribution in [0.2, 0.25) is 5.02 Å². The fourth-order valence-corrected chi connectivity index (χ4v) is 2.87. The highest BCUT2D eigenvalue weighted by atomic mass is 35.5. The highest BCUT2D eigenvalue weighted by Gasteiger charge is 2.25. The second kappa shape index (κ2) is 5.29. The number of aromatic nitrogens is 1. The Morgan fingerprint density at radius 1 is 1.47 bits per heavy atom. The lowest BCUT2D eigenvalue weighted by Gasteiger charge is -2.32. The van der Waals surface area contributed by atoms with Crippen LogP contribution in [0.25, 0.3) is 0 Å². The molecule has 0 radical (unpaired) electrons. The quantitative estimate of drug-likeness (QED) is 0.842. The van der Waals surface area contributed by atoms with E-state index in [0.717, 1.165) is 6.20 Å². The van der Waals surface area contributed by atoms with Crippen molar-refractivity contribution in [3.8, 4) is 0 Å². The highest BCUT2D eigenvalue weighted by molar-refractivity contribution is 7.79. The van der Waals surface area contributed by atoms with Crippen LogP contribution in [0.5, 0.6) is 0 Å². The van der Waals surface area contributed by atoms with Crippen molar-refractivity contribution in [2.24, 2.45) is 0 Å². The zero-order chi connectivity index (χ0) is 12.4. The molecule has 2 rings (SSSR count). The number of rotatable bonds is 2. The van der Waals surface area contributed by atoms with Gasteiger partial charge in [0.05, 0.1) is 22.2 Å². The van der Waals surface area contributed by atoms with Gasteiger partial charge < -0.3 is 9.45 Å². The first-order chi connectivity index (χ1) is 8.09. The lowest BCUT2D eigenvalue weighted by atomic mass is 10.1. The maximum Gasteiger partial charge on any atom is 0.166 e. The number of nitrogens with zero attached hydrogens (tertiary/aromatic N) is 2. The van der Waals surface area contributed by atoms with Gasteiger partial charge in [-0.1, -0.05) is 11.6 Å². The number of anilines is 1. The van der Waals surface area contributed by atoms with E-state index in [1.165, 1.54) is 6.20 Å². The smallest absolute Gasteiger partial charge is 0.166 e. The SMILES string of the molecule is O=S(O)C1CCN(c2c(F)cncc2Cl)CC1. The molecule has 1 aromatic rings. The van der Waals surface area contributed by atoms with Crippen molar-refractivity contribution in [3.63, 3.8) is 0 Å². The molecule has 0 aromatic carbocycles. The van der Waals surface area contributed by atoms with Gasteiger partial charge >= 0.3 is 0 Å². The molecule has 1 fully saturated rings. The van der Waals surface area contributed by atoms with E-state index in [9.17, 15) is 8.60 Å². The molecule has 1 unspecified atom stereocenters. The van der Waals surface area contributed by atoms with Crippen LogP contribution in [0, 0.1) is 5.82 Å². The number of piperidine rings is 1. The summed E-state index contributed by atoms with van der Waals surface area (Å²) in [6, 6.07) is 0. The Balaban J connectivity index is 2.13. The molecule has 7 heteroatoms. The van der Waals surface area contributed by atoms with E-state index in [2.05, 4.69) is 4.98 Å². The Labute approximate surface area is 106 Å².